The molecule has 0 spiro atoms. The molecular weight excluding hydrogens is 152 g/mol. The van der Waals surface area contributed by atoms with E-state index in [9.17, 15) is 0 Å². The third-order valence-corrected chi connectivity index (χ3v) is 1.93. The van der Waals surface area contributed by atoms with Crippen molar-refractivity contribution in [1.82, 2.24) is 20.2 Å². The molecule has 0 aromatic carbocycles. The molecule has 1 heterocycles. The molecule has 4 heteroatoms. The smallest absolute Gasteiger partial charge is 0.148 e. The first kappa shape index (κ1) is 9.16. The van der Waals surface area contributed by atoms with Gasteiger partial charge in [-0.05, 0) is 23.8 Å². The highest BCUT2D eigenvalue weighted by molar-refractivity contribution is 4.72. The largest absolute Gasteiger partial charge is 0.230 e. The Morgan fingerprint density at radius 2 is 2.08 bits per heavy atom. The Morgan fingerprint density at radius 1 is 1.25 bits per heavy atom. The molecule has 0 fully saturated rings. The first-order chi connectivity index (χ1) is 5.84. The van der Waals surface area contributed by atoms with Crippen molar-refractivity contribution < 1.29 is 0 Å². The van der Waals surface area contributed by atoms with Gasteiger partial charge in [0.25, 0.3) is 0 Å². The van der Waals surface area contributed by atoms with Crippen LogP contribution in [-0.4, -0.2) is 20.2 Å². The summed E-state index contributed by atoms with van der Waals surface area (Å²) >= 11 is 0. The Labute approximate surface area is 73.0 Å². The number of aryl methyl sites for hydroxylation is 2. The fraction of sp³-hybridized carbons (Fsp3) is 0.875. The van der Waals surface area contributed by atoms with E-state index in [2.05, 4.69) is 22.4 Å². The lowest BCUT2D eigenvalue weighted by Crippen LogP contribution is -2.02. The number of nitrogens with zero attached hydrogens (tertiary/aromatic N) is 4. The molecule has 0 aliphatic rings. The average Bonchev–Trinajstić information content (AvgIpc) is 2.46. The molecule has 0 N–H and O–H groups in total. The highest BCUT2D eigenvalue weighted by Gasteiger charge is 1.97. The van der Waals surface area contributed by atoms with Crippen LogP contribution in [0.15, 0.2) is 0 Å². The molecular formula is C8H16N4. The van der Waals surface area contributed by atoms with Gasteiger partial charge in [0.1, 0.15) is 5.82 Å². The minimum Gasteiger partial charge on any atom is -0.230 e. The van der Waals surface area contributed by atoms with Gasteiger partial charge < -0.3 is 0 Å². The van der Waals surface area contributed by atoms with Crippen LogP contribution in [-0.2, 0) is 6.54 Å². The fourth-order valence-corrected chi connectivity index (χ4v) is 1.14. The van der Waals surface area contributed by atoms with Crippen molar-refractivity contribution in [3.8, 4) is 0 Å². The number of aromatic nitrogens is 4. The van der Waals surface area contributed by atoms with Gasteiger partial charge >= 0.3 is 0 Å². The topological polar surface area (TPSA) is 43.6 Å². The lowest BCUT2D eigenvalue weighted by Gasteiger charge is -1.99. The Bertz CT molecular complexity index is 219. The van der Waals surface area contributed by atoms with Crippen LogP contribution >= 0.6 is 0 Å². The summed E-state index contributed by atoms with van der Waals surface area (Å²) in [6, 6.07) is 0. The van der Waals surface area contributed by atoms with E-state index in [0.717, 1.165) is 12.4 Å². The van der Waals surface area contributed by atoms with Gasteiger partial charge in [0.15, 0.2) is 0 Å². The van der Waals surface area contributed by atoms with Gasteiger partial charge in [0, 0.05) is 6.54 Å². The lowest BCUT2D eigenvalue weighted by molar-refractivity contribution is 0.519. The van der Waals surface area contributed by atoms with Crippen LogP contribution in [0.25, 0.3) is 0 Å². The first-order valence-corrected chi connectivity index (χ1v) is 4.57. The van der Waals surface area contributed by atoms with Crippen molar-refractivity contribution in [2.75, 3.05) is 0 Å². The molecule has 0 unspecified atom stereocenters. The van der Waals surface area contributed by atoms with Crippen LogP contribution in [0, 0.1) is 6.92 Å². The number of rotatable bonds is 5. The van der Waals surface area contributed by atoms with Crippen LogP contribution < -0.4 is 0 Å². The van der Waals surface area contributed by atoms with E-state index in [-0.39, 0.29) is 0 Å². The van der Waals surface area contributed by atoms with Crippen molar-refractivity contribution in [3.63, 3.8) is 0 Å². The maximum Gasteiger partial charge on any atom is 0.148 e. The molecule has 4 nitrogen and oxygen atoms in total. The van der Waals surface area contributed by atoms with E-state index < -0.39 is 0 Å². The Morgan fingerprint density at radius 3 is 2.67 bits per heavy atom. The minimum absolute atomic E-state index is 0.909. The minimum atomic E-state index is 0.909. The Hall–Kier alpha value is -0.930. The maximum atomic E-state index is 3.87. The molecule has 0 aliphatic heterocycles. The normalized spacial score (nSPS) is 10.5. The van der Waals surface area contributed by atoms with Gasteiger partial charge in [-0.15, -0.1) is 5.10 Å². The molecule has 0 aliphatic carbocycles. The van der Waals surface area contributed by atoms with E-state index >= 15 is 0 Å². The molecule has 0 atom stereocenters. The molecule has 1 rings (SSSR count). The van der Waals surface area contributed by atoms with Gasteiger partial charge in [-0.25, -0.2) is 4.68 Å². The van der Waals surface area contributed by atoms with E-state index in [1.807, 2.05) is 11.6 Å². The highest BCUT2D eigenvalue weighted by Crippen LogP contribution is 2.01. The molecule has 1 aromatic rings. The van der Waals surface area contributed by atoms with Crippen molar-refractivity contribution in [3.05, 3.63) is 5.82 Å². The molecule has 0 bridgehead atoms. The monoisotopic (exact) mass is 168 g/mol. The van der Waals surface area contributed by atoms with Crippen molar-refractivity contribution >= 4 is 0 Å². The number of unbranched alkanes of at least 4 members (excludes halogenated alkanes) is 3. The van der Waals surface area contributed by atoms with E-state index in [1.54, 1.807) is 0 Å². The van der Waals surface area contributed by atoms with Crippen molar-refractivity contribution in [1.29, 1.82) is 0 Å². The summed E-state index contributed by atoms with van der Waals surface area (Å²) in [5.41, 5.74) is 0. The van der Waals surface area contributed by atoms with Crippen molar-refractivity contribution in [2.45, 2.75) is 46.1 Å². The van der Waals surface area contributed by atoms with Crippen LogP contribution in [0.1, 0.15) is 38.4 Å². The molecule has 0 amide bonds. The number of hydrogen-bond acceptors (Lipinski definition) is 3. The van der Waals surface area contributed by atoms with Gasteiger partial charge in [-0.3, -0.25) is 0 Å². The van der Waals surface area contributed by atoms with Gasteiger partial charge in [0.05, 0.1) is 0 Å². The second-order valence-corrected chi connectivity index (χ2v) is 3.01. The third kappa shape index (κ3) is 2.60. The summed E-state index contributed by atoms with van der Waals surface area (Å²) in [6.07, 6.45) is 5.03. The zero-order valence-electron chi connectivity index (χ0n) is 7.82. The molecule has 0 saturated carbocycles. The maximum absolute atomic E-state index is 3.87. The molecule has 0 saturated heterocycles. The second-order valence-electron chi connectivity index (χ2n) is 3.01. The summed E-state index contributed by atoms with van der Waals surface area (Å²) in [4.78, 5) is 0. The van der Waals surface area contributed by atoms with E-state index in [1.165, 1.54) is 25.7 Å². The third-order valence-electron chi connectivity index (χ3n) is 1.93. The quantitative estimate of drug-likeness (QED) is 0.627. The summed E-state index contributed by atoms with van der Waals surface area (Å²) in [5, 5.41) is 11.3. The molecule has 0 radical (unpaired) electrons. The van der Waals surface area contributed by atoms with Gasteiger partial charge in [-0.1, -0.05) is 26.2 Å². The van der Waals surface area contributed by atoms with E-state index in [4.69, 9.17) is 0 Å². The summed E-state index contributed by atoms with van der Waals surface area (Å²) in [7, 11) is 0. The Kier molecular flexibility index (Phi) is 3.70. The second kappa shape index (κ2) is 4.85. The first-order valence-electron chi connectivity index (χ1n) is 4.57. The Balaban J connectivity index is 2.20. The SMILES string of the molecule is CCCCCCn1nnnc1C. The predicted octanol–water partition coefficient (Wildman–Crippen LogP) is 1.56. The fourth-order valence-electron chi connectivity index (χ4n) is 1.14. The lowest BCUT2D eigenvalue weighted by atomic mass is 10.2. The van der Waals surface area contributed by atoms with Crippen molar-refractivity contribution in [2.24, 2.45) is 0 Å². The van der Waals surface area contributed by atoms with Crippen LogP contribution in [0.5, 0.6) is 0 Å². The predicted molar refractivity (Wildman–Crippen MR) is 46.7 cm³/mol. The molecule has 12 heavy (non-hydrogen) atoms. The number of hydrogen-bond donors (Lipinski definition) is 0. The van der Waals surface area contributed by atoms with Crippen LogP contribution in [0.3, 0.4) is 0 Å². The average molecular weight is 168 g/mol. The van der Waals surface area contributed by atoms with Gasteiger partial charge in [-0.2, -0.15) is 0 Å². The highest BCUT2D eigenvalue weighted by atomic mass is 15.5. The summed E-state index contributed by atoms with van der Waals surface area (Å²) in [6.45, 7) is 5.10. The standard InChI is InChI=1S/C8H16N4/c1-3-4-5-6-7-12-8(2)9-10-11-12/h3-7H2,1-2H3. The molecule has 68 valence electrons. The summed E-state index contributed by atoms with van der Waals surface area (Å²) < 4.78 is 1.86. The van der Waals surface area contributed by atoms with E-state index in [0.29, 0.717) is 0 Å². The summed E-state index contributed by atoms with van der Waals surface area (Å²) in [5.74, 6) is 0.909. The molecule has 1 aromatic heterocycles. The van der Waals surface area contributed by atoms with Gasteiger partial charge in [0.2, 0.25) is 0 Å². The van der Waals surface area contributed by atoms with Crippen LogP contribution in [0.2, 0.25) is 0 Å². The number of tetrazole rings is 1. The zero-order chi connectivity index (χ0) is 8.81. The zero-order valence-corrected chi connectivity index (χ0v) is 7.82. The van der Waals surface area contributed by atoms with Crippen LogP contribution in [0.4, 0.5) is 0 Å².